The van der Waals surface area contributed by atoms with Crippen LogP contribution < -0.4 is 5.32 Å². The number of aryl methyl sites for hydroxylation is 2. The molecule has 0 radical (unpaired) electrons. The summed E-state index contributed by atoms with van der Waals surface area (Å²) in [6.45, 7) is 2.15. The molecule has 0 saturated heterocycles. The van der Waals surface area contributed by atoms with Crippen molar-refractivity contribution in [2.45, 2.75) is 44.6 Å². The number of nitrogens with zero attached hydrogens (tertiary/aromatic N) is 1. The lowest BCUT2D eigenvalue weighted by Gasteiger charge is -2.29. The Morgan fingerprint density at radius 3 is 2.95 bits per heavy atom. The minimum atomic E-state index is 0.407. The summed E-state index contributed by atoms with van der Waals surface area (Å²) in [5.41, 5.74) is 5.78. The average Bonchev–Trinajstić information content (AvgIpc) is 2.53. The SMILES string of the molecule is CNC(CC1CCCc2ccccc21)c1ccncc1C. The fraction of sp³-hybridized carbons (Fsp3) is 0.421. The predicted octanol–water partition coefficient (Wildman–Crippen LogP) is 4.16. The zero-order chi connectivity index (χ0) is 14.7. The van der Waals surface area contributed by atoms with E-state index < -0.39 is 0 Å². The first-order valence-corrected chi connectivity index (χ1v) is 7.95. The molecule has 0 saturated carbocycles. The van der Waals surface area contributed by atoms with E-state index in [1.807, 2.05) is 12.4 Å². The van der Waals surface area contributed by atoms with Crippen LogP contribution in [0.15, 0.2) is 42.7 Å². The second-order valence-electron chi connectivity index (χ2n) is 6.10. The third-order valence-electron chi connectivity index (χ3n) is 4.80. The number of hydrogen-bond acceptors (Lipinski definition) is 2. The molecule has 1 aliphatic carbocycles. The minimum Gasteiger partial charge on any atom is -0.313 e. The van der Waals surface area contributed by atoms with Crippen molar-refractivity contribution < 1.29 is 0 Å². The summed E-state index contributed by atoms with van der Waals surface area (Å²) in [5.74, 6) is 0.667. The van der Waals surface area contributed by atoms with Crippen LogP contribution in [0.4, 0.5) is 0 Å². The Hall–Kier alpha value is -1.67. The van der Waals surface area contributed by atoms with Gasteiger partial charge in [-0.25, -0.2) is 0 Å². The van der Waals surface area contributed by atoms with Gasteiger partial charge in [0.2, 0.25) is 0 Å². The summed E-state index contributed by atoms with van der Waals surface area (Å²) in [4.78, 5) is 4.22. The maximum atomic E-state index is 4.22. The Labute approximate surface area is 127 Å². The van der Waals surface area contributed by atoms with E-state index in [1.54, 1.807) is 11.1 Å². The molecule has 1 N–H and O–H groups in total. The Balaban J connectivity index is 1.84. The van der Waals surface area contributed by atoms with Gasteiger partial charge in [-0.3, -0.25) is 4.98 Å². The van der Waals surface area contributed by atoms with Crippen molar-refractivity contribution in [2.24, 2.45) is 0 Å². The normalized spacial score (nSPS) is 19.0. The topological polar surface area (TPSA) is 24.9 Å². The Bertz CT molecular complexity index is 606. The van der Waals surface area contributed by atoms with Crippen molar-refractivity contribution >= 4 is 0 Å². The third-order valence-corrected chi connectivity index (χ3v) is 4.80. The molecule has 2 aromatic rings. The summed E-state index contributed by atoms with van der Waals surface area (Å²) in [7, 11) is 2.07. The molecule has 0 fully saturated rings. The fourth-order valence-corrected chi connectivity index (χ4v) is 3.66. The molecule has 1 heterocycles. The molecular formula is C19H24N2. The first kappa shape index (κ1) is 14.3. The van der Waals surface area contributed by atoms with E-state index in [-0.39, 0.29) is 0 Å². The van der Waals surface area contributed by atoms with Crippen molar-refractivity contribution in [1.82, 2.24) is 10.3 Å². The highest BCUT2D eigenvalue weighted by molar-refractivity contribution is 5.34. The quantitative estimate of drug-likeness (QED) is 0.909. The molecular weight excluding hydrogens is 256 g/mol. The summed E-state index contributed by atoms with van der Waals surface area (Å²) >= 11 is 0. The van der Waals surface area contributed by atoms with Gasteiger partial charge in [0, 0.05) is 18.4 Å². The van der Waals surface area contributed by atoms with Crippen LogP contribution in [0, 0.1) is 6.92 Å². The van der Waals surface area contributed by atoms with E-state index >= 15 is 0 Å². The van der Waals surface area contributed by atoms with Gasteiger partial charge < -0.3 is 5.32 Å². The van der Waals surface area contributed by atoms with Crippen LogP contribution >= 0.6 is 0 Å². The highest BCUT2D eigenvalue weighted by Gasteiger charge is 2.24. The van der Waals surface area contributed by atoms with Crippen molar-refractivity contribution in [3.63, 3.8) is 0 Å². The molecule has 1 aromatic carbocycles. The van der Waals surface area contributed by atoms with Crippen LogP contribution in [0.1, 0.15) is 53.5 Å². The molecule has 21 heavy (non-hydrogen) atoms. The third kappa shape index (κ3) is 3.01. The van der Waals surface area contributed by atoms with Crippen LogP contribution in [0.3, 0.4) is 0 Å². The Morgan fingerprint density at radius 2 is 2.14 bits per heavy atom. The van der Waals surface area contributed by atoms with Gasteiger partial charge >= 0.3 is 0 Å². The number of aromatic nitrogens is 1. The molecule has 1 aromatic heterocycles. The number of nitrogens with one attached hydrogen (secondary N) is 1. The van der Waals surface area contributed by atoms with E-state index in [4.69, 9.17) is 0 Å². The van der Waals surface area contributed by atoms with Crippen LogP contribution in [-0.2, 0) is 6.42 Å². The van der Waals surface area contributed by atoms with E-state index in [1.165, 1.54) is 36.8 Å². The molecule has 0 bridgehead atoms. The molecule has 0 spiro atoms. The smallest absolute Gasteiger partial charge is 0.0327 e. The lowest BCUT2D eigenvalue weighted by molar-refractivity contribution is 0.438. The van der Waals surface area contributed by atoms with Crippen LogP contribution in [-0.4, -0.2) is 12.0 Å². The van der Waals surface area contributed by atoms with Crippen molar-refractivity contribution in [1.29, 1.82) is 0 Å². The number of rotatable bonds is 4. The van der Waals surface area contributed by atoms with Gasteiger partial charge in [0.05, 0.1) is 0 Å². The van der Waals surface area contributed by atoms with Gasteiger partial charge in [-0.1, -0.05) is 24.3 Å². The van der Waals surface area contributed by atoms with Gasteiger partial charge in [-0.05, 0) is 73.9 Å². The maximum absolute atomic E-state index is 4.22. The molecule has 3 rings (SSSR count). The standard InChI is InChI=1S/C19H24N2/c1-14-13-21-11-10-17(14)19(20-2)12-16-8-5-7-15-6-3-4-9-18(15)16/h3-4,6,9-11,13,16,19-20H,5,7-8,12H2,1-2H3. The molecule has 2 heteroatoms. The van der Waals surface area contributed by atoms with Gasteiger partial charge in [0.1, 0.15) is 0 Å². The largest absolute Gasteiger partial charge is 0.313 e. The van der Waals surface area contributed by atoms with E-state index in [0.29, 0.717) is 12.0 Å². The number of fused-ring (bicyclic) bond motifs is 1. The highest BCUT2D eigenvalue weighted by Crippen LogP contribution is 2.37. The zero-order valence-electron chi connectivity index (χ0n) is 13.0. The monoisotopic (exact) mass is 280 g/mol. The van der Waals surface area contributed by atoms with Gasteiger partial charge in [0.25, 0.3) is 0 Å². The van der Waals surface area contributed by atoms with Gasteiger partial charge in [-0.15, -0.1) is 0 Å². The molecule has 2 unspecified atom stereocenters. The molecule has 2 atom stereocenters. The fourth-order valence-electron chi connectivity index (χ4n) is 3.66. The van der Waals surface area contributed by atoms with E-state index in [0.717, 1.165) is 0 Å². The number of benzene rings is 1. The van der Waals surface area contributed by atoms with Crippen molar-refractivity contribution in [3.8, 4) is 0 Å². The first-order chi connectivity index (χ1) is 10.3. The second-order valence-corrected chi connectivity index (χ2v) is 6.10. The predicted molar refractivity (Wildman–Crippen MR) is 87.5 cm³/mol. The van der Waals surface area contributed by atoms with Crippen LogP contribution in [0.25, 0.3) is 0 Å². The van der Waals surface area contributed by atoms with E-state index in [2.05, 4.69) is 54.6 Å². The van der Waals surface area contributed by atoms with Gasteiger partial charge in [0.15, 0.2) is 0 Å². The lowest BCUT2D eigenvalue weighted by Crippen LogP contribution is -2.22. The molecule has 0 aliphatic heterocycles. The Kier molecular flexibility index (Phi) is 4.35. The number of hydrogen-bond donors (Lipinski definition) is 1. The van der Waals surface area contributed by atoms with Crippen molar-refractivity contribution in [2.75, 3.05) is 7.05 Å². The average molecular weight is 280 g/mol. The van der Waals surface area contributed by atoms with Crippen LogP contribution in [0.2, 0.25) is 0 Å². The summed E-state index contributed by atoms with van der Waals surface area (Å²) < 4.78 is 0. The summed E-state index contributed by atoms with van der Waals surface area (Å²) in [5, 5.41) is 3.51. The second kappa shape index (κ2) is 6.40. The zero-order valence-corrected chi connectivity index (χ0v) is 13.0. The number of pyridine rings is 1. The minimum absolute atomic E-state index is 0.407. The van der Waals surface area contributed by atoms with Crippen molar-refractivity contribution in [3.05, 3.63) is 65.0 Å². The molecule has 110 valence electrons. The Morgan fingerprint density at radius 1 is 1.29 bits per heavy atom. The maximum Gasteiger partial charge on any atom is 0.0327 e. The summed E-state index contributed by atoms with van der Waals surface area (Å²) in [6.07, 6.45) is 8.90. The molecule has 2 nitrogen and oxygen atoms in total. The van der Waals surface area contributed by atoms with Crippen LogP contribution in [0.5, 0.6) is 0 Å². The first-order valence-electron chi connectivity index (χ1n) is 7.95. The molecule has 1 aliphatic rings. The van der Waals surface area contributed by atoms with E-state index in [9.17, 15) is 0 Å². The lowest BCUT2D eigenvalue weighted by atomic mass is 9.78. The van der Waals surface area contributed by atoms with Gasteiger partial charge in [-0.2, -0.15) is 0 Å². The molecule has 0 amide bonds. The summed E-state index contributed by atoms with van der Waals surface area (Å²) in [6, 6.07) is 11.5. The highest BCUT2D eigenvalue weighted by atomic mass is 14.9.